The number of morpholine rings is 1. The predicted octanol–water partition coefficient (Wildman–Crippen LogP) is 2.90. The Balaban J connectivity index is 0.00000320. The van der Waals surface area contributed by atoms with E-state index in [2.05, 4.69) is 57.6 Å². The Bertz CT molecular complexity index is 759. The molecule has 2 N–H and O–H groups in total. The van der Waals surface area contributed by atoms with Gasteiger partial charge in [-0.2, -0.15) is 0 Å². The van der Waals surface area contributed by atoms with Gasteiger partial charge in [0, 0.05) is 51.7 Å². The van der Waals surface area contributed by atoms with Crippen LogP contribution < -0.4 is 10.6 Å². The highest BCUT2D eigenvalue weighted by Crippen LogP contribution is 2.14. The second-order valence-corrected chi connectivity index (χ2v) is 7.84. The molecule has 3 rings (SSSR count). The Morgan fingerprint density at radius 1 is 1.20 bits per heavy atom. The lowest BCUT2D eigenvalue weighted by Crippen LogP contribution is -2.51. The summed E-state index contributed by atoms with van der Waals surface area (Å²) in [4.78, 5) is 11.1. The summed E-state index contributed by atoms with van der Waals surface area (Å²) in [5.41, 5.74) is 2.32. The minimum Gasteiger partial charge on any atom is -0.379 e. The molecule has 2 aromatic rings. The number of guanidine groups is 1. The van der Waals surface area contributed by atoms with Crippen molar-refractivity contribution in [3.8, 4) is 5.69 Å². The highest BCUT2D eigenvalue weighted by molar-refractivity contribution is 14.0. The first kappa shape index (κ1) is 24.6. The van der Waals surface area contributed by atoms with Crippen molar-refractivity contribution in [3.05, 3.63) is 48.5 Å². The number of ether oxygens (including phenoxy) is 1. The summed E-state index contributed by atoms with van der Waals surface area (Å²) in [7, 11) is 1.82. The summed E-state index contributed by atoms with van der Waals surface area (Å²) in [6.07, 6.45) is 6.74. The zero-order valence-electron chi connectivity index (χ0n) is 18.3. The summed E-state index contributed by atoms with van der Waals surface area (Å²) in [6, 6.07) is 8.82. The van der Waals surface area contributed by atoms with Gasteiger partial charge in [0.25, 0.3) is 0 Å². The van der Waals surface area contributed by atoms with Crippen LogP contribution in [0.1, 0.15) is 25.8 Å². The van der Waals surface area contributed by atoms with Crippen molar-refractivity contribution < 1.29 is 4.74 Å². The molecule has 1 atom stereocenters. The molecule has 1 aromatic heterocycles. The van der Waals surface area contributed by atoms with E-state index in [1.165, 1.54) is 5.56 Å². The Morgan fingerprint density at radius 2 is 1.97 bits per heavy atom. The summed E-state index contributed by atoms with van der Waals surface area (Å²) >= 11 is 0. The summed E-state index contributed by atoms with van der Waals surface area (Å²) < 4.78 is 7.56. The van der Waals surface area contributed by atoms with Gasteiger partial charge in [0.1, 0.15) is 0 Å². The molecule has 0 amide bonds. The van der Waals surface area contributed by atoms with Crippen LogP contribution in [-0.4, -0.2) is 66.3 Å². The van der Waals surface area contributed by atoms with Crippen molar-refractivity contribution >= 4 is 29.9 Å². The summed E-state index contributed by atoms with van der Waals surface area (Å²) in [5.74, 6) is 1.48. The summed E-state index contributed by atoms with van der Waals surface area (Å²) in [6.45, 7) is 9.80. The summed E-state index contributed by atoms with van der Waals surface area (Å²) in [5, 5.41) is 7.00. The SMILES string of the molecule is CN=C(NCc1ccccc1-n1ccnc1)NCC(CC(C)C)N1CCOCC1.I. The number of aromatic nitrogens is 2. The maximum atomic E-state index is 5.53. The quantitative estimate of drug-likeness (QED) is 0.315. The second-order valence-electron chi connectivity index (χ2n) is 7.84. The van der Waals surface area contributed by atoms with Crippen molar-refractivity contribution in [2.24, 2.45) is 10.9 Å². The van der Waals surface area contributed by atoms with Crippen molar-refractivity contribution in [1.82, 2.24) is 25.1 Å². The number of hydrogen-bond acceptors (Lipinski definition) is 4. The molecule has 1 aliphatic heterocycles. The average Bonchev–Trinajstić information content (AvgIpc) is 3.28. The maximum absolute atomic E-state index is 5.53. The molecular formula is C22H35IN6O. The van der Waals surface area contributed by atoms with Crippen LogP contribution in [0.25, 0.3) is 5.69 Å². The third-order valence-electron chi connectivity index (χ3n) is 5.25. The number of aliphatic imine (C=N–C) groups is 1. The number of rotatable bonds is 8. The van der Waals surface area contributed by atoms with Gasteiger partial charge in [-0.1, -0.05) is 32.0 Å². The van der Waals surface area contributed by atoms with Gasteiger partial charge in [-0.3, -0.25) is 9.89 Å². The molecular weight excluding hydrogens is 491 g/mol. The van der Waals surface area contributed by atoms with Crippen molar-refractivity contribution in [2.75, 3.05) is 39.9 Å². The third-order valence-corrected chi connectivity index (χ3v) is 5.25. The topological polar surface area (TPSA) is 66.7 Å². The number of nitrogens with one attached hydrogen (secondary N) is 2. The van der Waals surface area contributed by atoms with Crippen LogP contribution in [0.4, 0.5) is 0 Å². The second kappa shape index (κ2) is 12.9. The molecule has 1 aromatic carbocycles. The average molecular weight is 526 g/mol. The van der Waals surface area contributed by atoms with Crippen LogP contribution in [-0.2, 0) is 11.3 Å². The highest BCUT2D eigenvalue weighted by atomic mass is 127. The third kappa shape index (κ3) is 7.24. The number of nitrogens with zero attached hydrogens (tertiary/aromatic N) is 4. The van der Waals surface area contributed by atoms with Gasteiger partial charge in [0.2, 0.25) is 0 Å². The number of halogens is 1. The molecule has 0 aliphatic carbocycles. The van der Waals surface area contributed by atoms with Gasteiger partial charge in [0.05, 0.1) is 25.2 Å². The van der Waals surface area contributed by atoms with Gasteiger partial charge >= 0.3 is 0 Å². The molecule has 8 heteroatoms. The molecule has 1 fully saturated rings. The van der Waals surface area contributed by atoms with Gasteiger partial charge in [-0.25, -0.2) is 4.98 Å². The number of imidazole rings is 1. The van der Waals surface area contributed by atoms with E-state index in [9.17, 15) is 0 Å². The standard InChI is InChI=1S/C22H34N6O.HI/c1-18(2)14-20(27-10-12-29-13-11-27)16-26-22(23-3)25-15-19-6-4-5-7-21(19)28-9-8-24-17-28;/h4-9,17-18,20H,10-16H2,1-3H3,(H2,23,25,26);1H. The van der Waals surface area contributed by atoms with Crippen molar-refractivity contribution in [2.45, 2.75) is 32.9 Å². The molecule has 166 valence electrons. The fraction of sp³-hybridized carbons (Fsp3) is 0.545. The Hall–Kier alpha value is -1.65. The molecule has 0 bridgehead atoms. The molecule has 1 aliphatic rings. The van der Waals surface area contributed by atoms with Crippen LogP contribution in [0.2, 0.25) is 0 Å². The van der Waals surface area contributed by atoms with Crippen molar-refractivity contribution in [1.29, 1.82) is 0 Å². The van der Waals surface area contributed by atoms with Gasteiger partial charge in [0.15, 0.2) is 5.96 Å². The fourth-order valence-electron chi connectivity index (χ4n) is 3.78. The fourth-order valence-corrected chi connectivity index (χ4v) is 3.78. The van der Waals surface area contributed by atoms with Crippen LogP contribution in [0, 0.1) is 5.92 Å². The molecule has 0 saturated carbocycles. The van der Waals surface area contributed by atoms with E-state index in [1.54, 1.807) is 6.20 Å². The zero-order valence-corrected chi connectivity index (χ0v) is 20.6. The Morgan fingerprint density at radius 3 is 2.63 bits per heavy atom. The Labute approximate surface area is 197 Å². The number of hydrogen-bond donors (Lipinski definition) is 2. The van der Waals surface area contributed by atoms with Crippen LogP contribution >= 0.6 is 24.0 Å². The molecule has 2 heterocycles. The van der Waals surface area contributed by atoms with E-state index in [-0.39, 0.29) is 24.0 Å². The van der Waals surface area contributed by atoms with Crippen LogP contribution in [0.3, 0.4) is 0 Å². The lowest BCUT2D eigenvalue weighted by atomic mass is 10.0. The zero-order chi connectivity index (χ0) is 20.5. The molecule has 30 heavy (non-hydrogen) atoms. The van der Waals surface area contributed by atoms with E-state index in [0.29, 0.717) is 18.5 Å². The molecule has 1 unspecified atom stereocenters. The van der Waals surface area contributed by atoms with Crippen LogP contribution in [0.5, 0.6) is 0 Å². The first-order chi connectivity index (χ1) is 14.2. The van der Waals surface area contributed by atoms with E-state index in [0.717, 1.165) is 50.9 Å². The first-order valence-corrected chi connectivity index (χ1v) is 10.5. The first-order valence-electron chi connectivity index (χ1n) is 10.5. The van der Waals surface area contributed by atoms with Crippen molar-refractivity contribution in [3.63, 3.8) is 0 Å². The predicted molar refractivity (Wildman–Crippen MR) is 133 cm³/mol. The minimum atomic E-state index is 0. The number of benzene rings is 1. The van der Waals surface area contributed by atoms with E-state index < -0.39 is 0 Å². The van der Waals surface area contributed by atoms with Gasteiger partial charge < -0.3 is 19.9 Å². The van der Waals surface area contributed by atoms with Gasteiger partial charge in [-0.05, 0) is 24.0 Å². The molecule has 0 spiro atoms. The largest absolute Gasteiger partial charge is 0.379 e. The molecule has 7 nitrogen and oxygen atoms in total. The Kier molecular flexibility index (Phi) is 10.6. The maximum Gasteiger partial charge on any atom is 0.191 e. The van der Waals surface area contributed by atoms with Gasteiger partial charge in [-0.15, -0.1) is 24.0 Å². The lowest BCUT2D eigenvalue weighted by Gasteiger charge is -2.35. The minimum absolute atomic E-state index is 0. The van der Waals surface area contributed by atoms with Crippen LogP contribution in [0.15, 0.2) is 48.0 Å². The normalized spacial score (nSPS) is 16.2. The van der Waals surface area contributed by atoms with E-state index >= 15 is 0 Å². The molecule has 0 radical (unpaired) electrons. The lowest BCUT2D eigenvalue weighted by molar-refractivity contribution is 0.0132. The van der Waals surface area contributed by atoms with E-state index in [4.69, 9.17) is 4.74 Å². The monoisotopic (exact) mass is 526 g/mol. The smallest absolute Gasteiger partial charge is 0.191 e. The molecule has 1 saturated heterocycles. The number of para-hydroxylation sites is 1. The highest BCUT2D eigenvalue weighted by Gasteiger charge is 2.22. The van der Waals surface area contributed by atoms with E-state index in [1.807, 2.05) is 30.2 Å².